The minimum Gasteiger partial charge on any atom is -0.485 e. The number of ketones is 1. The van der Waals surface area contributed by atoms with Crippen LogP contribution in [0.15, 0.2) is 12.3 Å². The average Bonchev–Trinajstić information content (AvgIpc) is 2.15. The number of carbonyl (C=O) groups excluding carboxylic acids is 1. The van der Waals surface area contributed by atoms with Gasteiger partial charge in [0.25, 0.3) is 0 Å². The lowest BCUT2D eigenvalue weighted by atomic mass is 9.99. The lowest BCUT2D eigenvalue weighted by molar-refractivity contribution is -0.127. The quantitative estimate of drug-likeness (QED) is 0.544. The molecule has 3 heteroatoms. The molecule has 10 heavy (non-hydrogen) atoms. The van der Waals surface area contributed by atoms with Gasteiger partial charge in [-0.2, -0.15) is 0 Å². The first-order valence-electron chi connectivity index (χ1n) is 3.10. The first kappa shape index (κ1) is 7.61. The Hall–Kier alpha value is -0.500. The van der Waals surface area contributed by atoms with E-state index < -0.39 is 5.60 Å². The zero-order valence-electron chi connectivity index (χ0n) is 5.93. The van der Waals surface area contributed by atoms with Crippen molar-refractivity contribution in [3.8, 4) is 0 Å². The van der Waals surface area contributed by atoms with Crippen molar-refractivity contribution in [2.75, 3.05) is 0 Å². The predicted octanol–water partition coefficient (Wildman–Crippen LogP) is 1.49. The van der Waals surface area contributed by atoms with Crippen LogP contribution in [0.5, 0.6) is 0 Å². The highest BCUT2D eigenvalue weighted by Crippen LogP contribution is 2.26. The van der Waals surface area contributed by atoms with Crippen LogP contribution in [0.4, 0.5) is 0 Å². The first-order valence-corrected chi connectivity index (χ1v) is 3.54. The molecule has 0 radical (unpaired) electrons. The Morgan fingerprint density at radius 1 is 1.80 bits per heavy atom. The summed E-state index contributed by atoms with van der Waals surface area (Å²) in [6.07, 6.45) is 2.79. The van der Waals surface area contributed by atoms with Crippen LogP contribution in [0, 0.1) is 0 Å². The molecule has 0 aromatic carbocycles. The van der Waals surface area contributed by atoms with Gasteiger partial charge in [0.2, 0.25) is 5.78 Å². The molecular weight excluding hydrogens is 152 g/mol. The molecule has 0 N–H and O–H groups in total. The van der Waals surface area contributed by atoms with Gasteiger partial charge in [-0.05, 0) is 13.8 Å². The third kappa shape index (κ3) is 0.926. The summed E-state index contributed by atoms with van der Waals surface area (Å²) >= 11 is 5.73. The second-order valence-electron chi connectivity index (χ2n) is 2.51. The van der Waals surface area contributed by atoms with Crippen molar-refractivity contribution in [2.45, 2.75) is 24.8 Å². The number of ether oxygens (including phenoxy) is 1. The van der Waals surface area contributed by atoms with Gasteiger partial charge >= 0.3 is 0 Å². The zero-order valence-corrected chi connectivity index (χ0v) is 6.68. The van der Waals surface area contributed by atoms with Crippen LogP contribution in [0.2, 0.25) is 0 Å². The van der Waals surface area contributed by atoms with E-state index in [2.05, 4.69) is 0 Å². The van der Waals surface area contributed by atoms with Crippen LogP contribution in [0.25, 0.3) is 0 Å². The van der Waals surface area contributed by atoms with Gasteiger partial charge in [0, 0.05) is 6.08 Å². The molecule has 2 nitrogen and oxygen atoms in total. The van der Waals surface area contributed by atoms with E-state index in [1.165, 1.54) is 12.3 Å². The van der Waals surface area contributed by atoms with Gasteiger partial charge in [-0.15, -0.1) is 11.6 Å². The van der Waals surface area contributed by atoms with Crippen molar-refractivity contribution >= 4 is 17.4 Å². The smallest absolute Gasteiger partial charge is 0.203 e. The summed E-state index contributed by atoms with van der Waals surface area (Å²) in [5.41, 5.74) is -0.832. The Bertz CT molecular complexity index is 186. The molecule has 0 spiro atoms. The van der Waals surface area contributed by atoms with Gasteiger partial charge in [0.05, 0.1) is 11.6 Å². The predicted molar refractivity (Wildman–Crippen MR) is 39.0 cm³/mol. The largest absolute Gasteiger partial charge is 0.485 e. The third-order valence-corrected chi connectivity index (χ3v) is 2.20. The fourth-order valence-electron chi connectivity index (χ4n) is 0.750. The Morgan fingerprint density at radius 2 is 2.40 bits per heavy atom. The van der Waals surface area contributed by atoms with Gasteiger partial charge in [-0.25, -0.2) is 0 Å². The molecule has 0 aromatic rings. The van der Waals surface area contributed by atoms with Crippen molar-refractivity contribution in [2.24, 2.45) is 0 Å². The molecule has 0 aromatic heterocycles. The maximum Gasteiger partial charge on any atom is 0.203 e. The highest BCUT2D eigenvalue weighted by Gasteiger charge is 2.40. The van der Waals surface area contributed by atoms with E-state index in [-0.39, 0.29) is 11.2 Å². The average molecular weight is 161 g/mol. The van der Waals surface area contributed by atoms with E-state index in [4.69, 9.17) is 16.3 Å². The van der Waals surface area contributed by atoms with E-state index in [0.29, 0.717) is 0 Å². The fourth-order valence-corrected chi connectivity index (χ4v) is 0.909. The number of rotatable bonds is 1. The maximum absolute atomic E-state index is 11.0. The van der Waals surface area contributed by atoms with E-state index in [1.54, 1.807) is 13.8 Å². The molecule has 0 fully saturated rings. The first-order chi connectivity index (χ1) is 4.57. The molecule has 1 rings (SSSR count). The molecule has 56 valence electrons. The molecule has 0 aliphatic carbocycles. The van der Waals surface area contributed by atoms with Crippen LogP contribution in [0.3, 0.4) is 0 Å². The van der Waals surface area contributed by atoms with Gasteiger partial charge < -0.3 is 4.74 Å². The Morgan fingerprint density at radius 3 is 2.60 bits per heavy atom. The minimum absolute atomic E-state index is 0.0602. The van der Waals surface area contributed by atoms with E-state index in [1.807, 2.05) is 0 Å². The molecule has 0 amide bonds. The molecule has 0 saturated carbocycles. The van der Waals surface area contributed by atoms with Crippen molar-refractivity contribution in [1.82, 2.24) is 0 Å². The summed E-state index contributed by atoms with van der Waals surface area (Å²) in [4.78, 5) is 11.0. The SMILES string of the molecule is CC(Cl)C1(C)OC=CC1=O. The van der Waals surface area contributed by atoms with Gasteiger partial charge in [-0.3, -0.25) is 4.79 Å². The second kappa shape index (κ2) is 2.27. The standard InChI is InChI=1S/C7H9ClO2/c1-5(8)7(2)6(9)3-4-10-7/h3-5H,1-2H3. The van der Waals surface area contributed by atoms with E-state index in [9.17, 15) is 4.79 Å². The highest BCUT2D eigenvalue weighted by molar-refractivity contribution is 6.24. The molecule has 2 atom stereocenters. The Kier molecular flexibility index (Phi) is 1.73. The fraction of sp³-hybridized carbons (Fsp3) is 0.571. The molecular formula is C7H9ClO2. The zero-order chi connectivity index (χ0) is 7.78. The molecule has 0 bridgehead atoms. The number of carbonyl (C=O) groups is 1. The summed E-state index contributed by atoms with van der Waals surface area (Å²) in [6, 6.07) is 0. The van der Waals surface area contributed by atoms with Crippen molar-refractivity contribution in [3.63, 3.8) is 0 Å². The van der Waals surface area contributed by atoms with Gasteiger partial charge in [-0.1, -0.05) is 0 Å². The Balaban J connectivity index is 2.81. The van der Waals surface area contributed by atoms with Gasteiger partial charge in [0.15, 0.2) is 5.60 Å². The number of hydrogen-bond donors (Lipinski definition) is 0. The van der Waals surface area contributed by atoms with Crippen LogP contribution in [-0.2, 0) is 9.53 Å². The van der Waals surface area contributed by atoms with Crippen LogP contribution >= 0.6 is 11.6 Å². The van der Waals surface area contributed by atoms with Crippen molar-refractivity contribution in [1.29, 1.82) is 0 Å². The number of halogens is 1. The summed E-state index contributed by atoms with van der Waals surface area (Å²) in [5.74, 6) is -0.0602. The van der Waals surface area contributed by atoms with Crippen LogP contribution in [-0.4, -0.2) is 16.8 Å². The highest BCUT2D eigenvalue weighted by atomic mass is 35.5. The molecule has 1 aliphatic heterocycles. The van der Waals surface area contributed by atoms with Gasteiger partial charge in [0.1, 0.15) is 0 Å². The van der Waals surface area contributed by atoms with Crippen molar-refractivity contribution in [3.05, 3.63) is 12.3 Å². The summed E-state index contributed by atoms with van der Waals surface area (Å²) < 4.78 is 5.05. The van der Waals surface area contributed by atoms with E-state index in [0.717, 1.165) is 0 Å². The lowest BCUT2D eigenvalue weighted by Gasteiger charge is -2.24. The third-order valence-electron chi connectivity index (χ3n) is 1.78. The topological polar surface area (TPSA) is 26.3 Å². The monoisotopic (exact) mass is 160 g/mol. The number of alkyl halides is 1. The summed E-state index contributed by atoms with van der Waals surface area (Å²) in [6.45, 7) is 3.43. The summed E-state index contributed by atoms with van der Waals surface area (Å²) in [7, 11) is 0. The maximum atomic E-state index is 11.0. The number of hydrogen-bond acceptors (Lipinski definition) is 2. The molecule has 2 unspecified atom stereocenters. The molecule has 0 saturated heterocycles. The lowest BCUT2D eigenvalue weighted by Crippen LogP contribution is -2.40. The summed E-state index contributed by atoms with van der Waals surface area (Å²) in [5, 5.41) is -0.296. The second-order valence-corrected chi connectivity index (χ2v) is 3.16. The minimum atomic E-state index is -0.832. The van der Waals surface area contributed by atoms with E-state index >= 15 is 0 Å². The molecule has 1 heterocycles. The molecule has 1 aliphatic rings. The van der Waals surface area contributed by atoms with Crippen LogP contribution in [0.1, 0.15) is 13.8 Å². The Labute approximate surface area is 64.8 Å². The van der Waals surface area contributed by atoms with Crippen LogP contribution < -0.4 is 0 Å². The normalized spacial score (nSPS) is 34.1. The van der Waals surface area contributed by atoms with Crippen molar-refractivity contribution < 1.29 is 9.53 Å².